The van der Waals surface area contributed by atoms with E-state index in [2.05, 4.69) is 34.9 Å². The second kappa shape index (κ2) is 4.76. The van der Waals surface area contributed by atoms with Crippen LogP contribution >= 0.6 is 27.3 Å². The molecule has 0 aromatic carbocycles. The van der Waals surface area contributed by atoms with E-state index in [1.54, 1.807) is 6.20 Å². The van der Waals surface area contributed by atoms with Crippen LogP contribution in [0.3, 0.4) is 0 Å². The topological polar surface area (TPSA) is 38.1 Å². The van der Waals surface area contributed by atoms with Gasteiger partial charge in [0.2, 0.25) is 0 Å². The number of carbonyl (C=O) groups excluding carboxylic acids is 1. The highest BCUT2D eigenvalue weighted by molar-refractivity contribution is 9.10. The van der Waals surface area contributed by atoms with Crippen molar-refractivity contribution >= 4 is 39.0 Å². The number of fused-ring (bicyclic) bond motifs is 1. The highest BCUT2D eigenvalue weighted by Crippen LogP contribution is 2.34. The molecule has 2 unspecified atom stereocenters. The Morgan fingerprint density at radius 1 is 1.42 bits per heavy atom. The molecule has 0 radical (unpaired) electrons. The van der Waals surface area contributed by atoms with E-state index in [-0.39, 0.29) is 11.9 Å². The molecule has 6 heteroatoms. The predicted molar refractivity (Wildman–Crippen MR) is 79.8 cm³/mol. The van der Waals surface area contributed by atoms with Gasteiger partial charge in [-0.15, -0.1) is 11.3 Å². The summed E-state index contributed by atoms with van der Waals surface area (Å²) in [6.45, 7) is 4.22. The molecule has 1 amide bonds. The Hall–Kier alpha value is -1.14. The zero-order valence-electron chi connectivity index (χ0n) is 10.7. The number of rotatable bonds is 1. The molecule has 19 heavy (non-hydrogen) atoms. The molecule has 3 rings (SSSR count). The Morgan fingerprint density at radius 2 is 2.21 bits per heavy atom. The van der Waals surface area contributed by atoms with Crippen molar-refractivity contribution in [1.82, 2.24) is 9.78 Å². The van der Waals surface area contributed by atoms with E-state index in [0.29, 0.717) is 6.04 Å². The monoisotopic (exact) mass is 339 g/mol. The molecule has 2 aromatic rings. The Labute approximate surface area is 124 Å². The number of carbonyl (C=O) groups is 1. The van der Waals surface area contributed by atoms with Gasteiger partial charge in [0.25, 0.3) is 5.91 Å². The molecular formula is C13H14BrN3OS. The van der Waals surface area contributed by atoms with Crippen molar-refractivity contribution in [1.29, 1.82) is 0 Å². The summed E-state index contributed by atoms with van der Waals surface area (Å²) < 4.78 is 2.79. The molecule has 1 aliphatic rings. The summed E-state index contributed by atoms with van der Waals surface area (Å²) in [6, 6.07) is 4.33. The predicted octanol–water partition coefficient (Wildman–Crippen LogP) is 3.71. The largest absolute Gasteiger partial charge is 0.289 e. The van der Waals surface area contributed by atoms with E-state index in [0.717, 1.165) is 21.6 Å². The Kier molecular flexibility index (Phi) is 3.22. The van der Waals surface area contributed by atoms with Crippen LogP contribution in [0.15, 0.2) is 28.2 Å². The standard InChI is InChI=1S/C13H14BrN3OS/c1-8-7-9(2)17-11(3-5-15-17)16(8)13(18)12-10(14)4-6-19-12/h3-6,8-9H,7H2,1-2H3. The van der Waals surface area contributed by atoms with Crippen LogP contribution in [-0.4, -0.2) is 21.7 Å². The van der Waals surface area contributed by atoms with E-state index in [1.165, 1.54) is 11.3 Å². The summed E-state index contributed by atoms with van der Waals surface area (Å²) in [5.41, 5.74) is 0. The highest BCUT2D eigenvalue weighted by atomic mass is 79.9. The number of amides is 1. The summed E-state index contributed by atoms with van der Waals surface area (Å²) in [6.07, 6.45) is 2.68. The summed E-state index contributed by atoms with van der Waals surface area (Å²) >= 11 is 4.90. The first kappa shape index (κ1) is 12.9. The van der Waals surface area contributed by atoms with Crippen LogP contribution in [0.4, 0.5) is 5.82 Å². The van der Waals surface area contributed by atoms with Crippen LogP contribution < -0.4 is 4.90 Å². The van der Waals surface area contributed by atoms with Gasteiger partial charge in [-0.1, -0.05) is 0 Å². The van der Waals surface area contributed by atoms with Crippen LogP contribution in [0.25, 0.3) is 0 Å². The van der Waals surface area contributed by atoms with Crippen molar-refractivity contribution < 1.29 is 4.79 Å². The highest BCUT2D eigenvalue weighted by Gasteiger charge is 2.33. The van der Waals surface area contributed by atoms with Gasteiger partial charge in [-0.25, -0.2) is 4.68 Å². The van der Waals surface area contributed by atoms with E-state index in [9.17, 15) is 4.79 Å². The van der Waals surface area contributed by atoms with Crippen molar-refractivity contribution in [3.05, 3.63) is 33.1 Å². The summed E-state index contributed by atoms with van der Waals surface area (Å²) in [5.74, 6) is 0.930. The van der Waals surface area contributed by atoms with Gasteiger partial charge >= 0.3 is 0 Å². The normalized spacial score (nSPS) is 22.4. The first-order valence-electron chi connectivity index (χ1n) is 6.19. The van der Waals surface area contributed by atoms with Gasteiger partial charge in [-0.3, -0.25) is 9.69 Å². The SMILES string of the molecule is CC1CC(C)n2nccc2N1C(=O)c1sccc1Br. The molecule has 100 valence electrons. The maximum Gasteiger partial charge on any atom is 0.270 e. The molecule has 0 bridgehead atoms. The van der Waals surface area contributed by atoms with Crippen molar-refractivity contribution in [2.24, 2.45) is 0 Å². The summed E-state index contributed by atoms with van der Waals surface area (Å²) in [5, 5.41) is 6.25. The Bertz CT molecular complexity index is 621. The summed E-state index contributed by atoms with van der Waals surface area (Å²) in [4.78, 5) is 15.3. The summed E-state index contributed by atoms with van der Waals surface area (Å²) in [7, 11) is 0. The third-order valence-electron chi connectivity index (χ3n) is 3.47. The van der Waals surface area contributed by atoms with Gasteiger partial charge in [0, 0.05) is 16.6 Å². The van der Waals surface area contributed by atoms with Gasteiger partial charge in [0.15, 0.2) is 0 Å². The number of hydrogen-bond acceptors (Lipinski definition) is 3. The fraction of sp³-hybridized carbons (Fsp3) is 0.385. The first-order valence-corrected chi connectivity index (χ1v) is 7.87. The van der Waals surface area contributed by atoms with Crippen molar-refractivity contribution in [2.75, 3.05) is 4.90 Å². The van der Waals surface area contributed by atoms with E-state index < -0.39 is 0 Å². The van der Waals surface area contributed by atoms with E-state index in [4.69, 9.17) is 0 Å². The third-order valence-corrected chi connectivity index (χ3v) is 5.29. The number of halogens is 1. The molecule has 0 N–H and O–H groups in total. The van der Waals surface area contributed by atoms with Gasteiger partial charge < -0.3 is 0 Å². The number of thiophene rings is 1. The molecule has 0 saturated heterocycles. The molecule has 4 nitrogen and oxygen atoms in total. The average Bonchev–Trinajstić information content (AvgIpc) is 2.97. The van der Waals surface area contributed by atoms with Crippen LogP contribution in [0.2, 0.25) is 0 Å². The lowest BCUT2D eigenvalue weighted by Gasteiger charge is -2.36. The molecule has 0 saturated carbocycles. The van der Waals surface area contributed by atoms with Gasteiger partial charge in [-0.2, -0.15) is 5.10 Å². The Morgan fingerprint density at radius 3 is 2.89 bits per heavy atom. The first-order chi connectivity index (χ1) is 9.09. The van der Waals surface area contributed by atoms with Crippen LogP contribution in [-0.2, 0) is 0 Å². The van der Waals surface area contributed by atoms with E-state index in [1.807, 2.05) is 27.1 Å². The van der Waals surface area contributed by atoms with Crippen LogP contribution in [0.5, 0.6) is 0 Å². The maximum absolute atomic E-state index is 12.7. The molecule has 3 heterocycles. The second-order valence-corrected chi connectivity index (χ2v) is 6.61. The van der Waals surface area contributed by atoms with Crippen molar-refractivity contribution in [2.45, 2.75) is 32.4 Å². The molecule has 0 aliphatic carbocycles. The van der Waals surface area contributed by atoms with Gasteiger partial charge in [-0.05, 0) is 47.6 Å². The number of hydrogen-bond donors (Lipinski definition) is 0. The molecule has 0 spiro atoms. The van der Waals surface area contributed by atoms with Crippen LogP contribution in [0.1, 0.15) is 36.0 Å². The van der Waals surface area contributed by atoms with Crippen LogP contribution in [0, 0.1) is 0 Å². The Balaban J connectivity index is 2.04. The number of nitrogens with zero attached hydrogens (tertiary/aromatic N) is 3. The molecule has 2 atom stereocenters. The van der Waals surface area contributed by atoms with Gasteiger partial charge in [0.05, 0.1) is 12.2 Å². The zero-order chi connectivity index (χ0) is 13.6. The lowest BCUT2D eigenvalue weighted by molar-refractivity contribution is 0.0970. The number of aromatic nitrogens is 2. The average molecular weight is 340 g/mol. The van der Waals surface area contributed by atoms with Gasteiger partial charge in [0.1, 0.15) is 10.7 Å². The maximum atomic E-state index is 12.7. The minimum absolute atomic E-state index is 0.0445. The third kappa shape index (κ3) is 2.03. The van der Waals surface area contributed by atoms with Crippen molar-refractivity contribution in [3.8, 4) is 0 Å². The fourth-order valence-electron chi connectivity index (χ4n) is 2.62. The second-order valence-electron chi connectivity index (χ2n) is 4.84. The molecule has 1 aliphatic heterocycles. The quantitative estimate of drug-likeness (QED) is 0.794. The molecule has 2 aromatic heterocycles. The molecule has 0 fully saturated rings. The minimum atomic E-state index is 0.0445. The van der Waals surface area contributed by atoms with Crippen molar-refractivity contribution in [3.63, 3.8) is 0 Å². The molecular weight excluding hydrogens is 326 g/mol. The lowest BCUT2D eigenvalue weighted by Crippen LogP contribution is -2.44. The fourth-order valence-corrected chi connectivity index (χ4v) is 4.10. The zero-order valence-corrected chi connectivity index (χ0v) is 13.1. The van der Waals surface area contributed by atoms with E-state index >= 15 is 0 Å². The lowest BCUT2D eigenvalue weighted by atomic mass is 10.1. The smallest absolute Gasteiger partial charge is 0.270 e. The number of anilines is 1. The minimum Gasteiger partial charge on any atom is -0.289 e.